The Morgan fingerprint density at radius 2 is 1.87 bits per heavy atom. The Balaban J connectivity index is 3.05. The molecule has 0 aromatic heterocycles. The zero-order valence-corrected chi connectivity index (χ0v) is 9.11. The molecule has 0 heterocycles. The summed E-state index contributed by atoms with van der Waals surface area (Å²) in [4.78, 5) is 21.8. The third-order valence-electron chi connectivity index (χ3n) is 2.21. The summed E-state index contributed by atoms with van der Waals surface area (Å²) in [6.07, 6.45) is 0.638. The highest BCUT2D eigenvalue weighted by Gasteiger charge is 2.29. The van der Waals surface area contributed by atoms with Crippen molar-refractivity contribution in [1.82, 2.24) is 0 Å². The molecule has 80 valence electrons. The van der Waals surface area contributed by atoms with Crippen LogP contribution in [0.5, 0.6) is 0 Å². The average Bonchev–Trinajstić information content (AvgIpc) is 2.17. The monoisotopic (exact) mass is 206 g/mol. The number of rotatable bonds is 3. The van der Waals surface area contributed by atoms with Gasteiger partial charge in [-0.1, -0.05) is 29.8 Å². The number of carbonyl (C=O) groups excluding carboxylic acids is 2. The van der Waals surface area contributed by atoms with E-state index in [0.717, 1.165) is 5.56 Å². The van der Waals surface area contributed by atoms with Gasteiger partial charge in [-0.2, -0.15) is 0 Å². The maximum atomic E-state index is 11.0. The fourth-order valence-corrected chi connectivity index (χ4v) is 1.33. The molecule has 0 saturated heterocycles. The Morgan fingerprint density at radius 1 is 1.33 bits per heavy atom. The third kappa shape index (κ3) is 2.65. The molecular formula is C12H14O3. The molecule has 0 bridgehead atoms. The van der Waals surface area contributed by atoms with Crippen LogP contribution in [-0.2, 0) is 19.9 Å². The summed E-state index contributed by atoms with van der Waals surface area (Å²) < 4.78 is 5.01. The van der Waals surface area contributed by atoms with Crippen molar-refractivity contribution in [2.45, 2.75) is 26.4 Å². The molecule has 0 N–H and O–H groups in total. The lowest BCUT2D eigenvalue weighted by Gasteiger charge is -2.23. The van der Waals surface area contributed by atoms with Crippen LogP contribution in [0.3, 0.4) is 0 Å². The number of esters is 1. The molecule has 0 saturated carbocycles. The van der Waals surface area contributed by atoms with E-state index < -0.39 is 11.6 Å². The van der Waals surface area contributed by atoms with Gasteiger partial charge < -0.3 is 4.74 Å². The Kier molecular flexibility index (Phi) is 3.24. The van der Waals surface area contributed by atoms with Crippen molar-refractivity contribution in [3.05, 3.63) is 35.4 Å². The Bertz CT molecular complexity index is 367. The van der Waals surface area contributed by atoms with Crippen LogP contribution in [0.15, 0.2) is 24.3 Å². The van der Waals surface area contributed by atoms with Gasteiger partial charge >= 0.3 is 5.97 Å². The molecule has 1 atom stereocenters. The van der Waals surface area contributed by atoms with Crippen molar-refractivity contribution in [3.8, 4) is 0 Å². The number of ether oxygens (including phenoxy) is 1. The molecule has 0 aliphatic rings. The summed E-state index contributed by atoms with van der Waals surface area (Å²) in [7, 11) is 0. The van der Waals surface area contributed by atoms with Gasteiger partial charge in [-0.15, -0.1) is 0 Å². The zero-order chi connectivity index (χ0) is 11.5. The Morgan fingerprint density at radius 3 is 2.27 bits per heavy atom. The van der Waals surface area contributed by atoms with E-state index in [4.69, 9.17) is 4.74 Å². The van der Waals surface area contributed by atoms with Gasteiger partial charge in [-0.05, 0) is 13.8 Å². The lowest BCUT2D eigenvalue weighted by molar-refractivity contribution is -0.159. The number of benzene rings is 1. The number of hydrogen-bond donors (Lipinski definition) is 0. The van der Waals surface area contributed by atoms with E-state index in [1.165, 1.54) is 6.92 Å². The first-order valence-corrected chi connectivity index (χ1v) is 4.71. The molecule has 3 heteroatoms. The first-order valence-electron chi connectivity index (χ1n) is 4.71. The van der Waals surface area contributed by atoms with Crippen LogP contribution in [-0.4, -0.2) is 12.3 Å². The third-order valence-corrected chi connectivity index (χ3v) is 2.21. The maximum Gasteiger partial charge on any atom is 0.303 e. The normalized spacial score (nSPS) is 14.1. The SMILES string of the molecule is CC(=O)OC(C)(C=O)c1ccc(C)cc1. The van der Waals surface area contributed by atoms with E-state index in [-0.39, 0.29) is 0 Å². The molecule has 0 radical (unpaired) electrons. The molecule has 1 aromatic rings. The molecule has 0 fully saturated rings. The molecule has 1 rings (SSSR count). The van der Waals surface area contributed by atoms with Gasteiger partial charge in [0.2, 0.25) is 0 Å². The van der Waals surface area contributed by atoms with Gasteiger partial charge in [0, 0.05) is 12.5 Å². The molecule has 15 heavy (non-hydrogen) atoms. The van der Waals surface area contributed by atoms with E-state index in [1.807, 2.05) is 19.1 Å². The minimum atomic E-state index is -1.18. The summed E-state index contributed by atoms with van der Waals surface area (Å²) in [5.74, 6) is -0.467. The minimum absolute atomic E-state index is 0.467. The van der Waals surface area contributed by atoms with E-state index in [9.17, 15) is 9.59 Å². The van der Waals surface area contributed by atoms with Crippen LogP contribution in [0.4, 0.5) is 0 Å². The highest BCUT2D eigenvalue weighted by molar-refractivity contribution is 5.74. The predicted molar refractivity (Wildman–Crippen MR) is 56.4 cm³/mol. The van der Waals surface area contributed by atoms with Crippen molar-refractivity contribution >= 4 is 12.3 Å². The van der Waals surface area contributed by atoms with Crippen molar-refractivity contribution in [2.24, 2.45) is 0 Å². The van der Waals surface area contributed by atoms with Gasteiger partial charge in [0.25, 0.3) is 0 Å². The molecular weight excluding hydrogens is 192 g/mol. The van der Waals surface area contributed by atoms with Gasteiger partial charge in [-0.3, -0.25) is 9.59 Å². The molecule has 0 spiro atoms. The summed E-state index contributed by atoms with van der Waals surface area (Å²) in [5, 5.41) is 0. The summed E-state index contributed by atoms with van der Waals surface area (Å²) in [5.41, 5.74) is 0.590. The van der Waals surface area contributed by atoms with Crippen LogP contribution < -0.4 is 0 Å². The molecule has 0 aliphatic carbocycles. The van der Waals surface area contributed by atoms with Gasteiger partial charge in [0.1, 0.15) is 0 Å². The second-order valence-electron chi connectivity index (χ2n) is 3.68. The largest absolute Gasteiger partial charge is 0.447 e. The van der Waals surface area contributed by atoms with Crippen LogP contribution >= 0.6 is 0 Å². The highest BCUT2D eigenvalue weighted by Crippen LogP contribution is 2.23. The highest BCUT2D eigenvalue weighted by atomic mass is 16.6. The number of hydrogen-bond acceptors (Lipinski definition) is 3. The smallest absolute Gasteiger partial charge is 0.303 e. The molecule has 3 nitrogen and oxygen atoms in total. The van der Waals surface area contributed by atoms with E-state index >= 15 is 0 Å². The van der Waals surface area contributed by atoms with Crippen LogP contribution in [0.2, 0.25) is 0 Å². The number of aldehydes is 1. The summed E-state index contributed by atoms with van der Waals surface area (Å²) in [6, 6.07) is 7.32. The van der Waals surface area contributed by atoms with Crippen molar-refractivity contribution in [1.29, 1.82) is 0 Å². The van der Waals surface area contributed by atoms with E-state index in [1.54, 1.807) is 19.1 Å². The first kappa shape index (κ1) is 11.4. The maximum absolute atomic E-state index is 11.0. The van der Waals surface area contributed by atoms with Gasteiger partial charge in [0.15, 0.2) is 11.9 Å². The van der Waals surface area contributed by atoms with Crippen molar-refractivity contribution < 1.29 is 14.3 Å². The van der Waals surface area contributed by atoms with Gasteiger partial charge in [-0.25, -0.2) is 0 Å². The first-order chi connectivity index (χ1) is 6.98. The van der Waals surface area contributed by atoms with Crippen LogP contribution in [0.1, 0.15) is 25.0 Å². The second kappa shape index (κ2) is 4.26. The van der Waals surface area contributed by atoms with Crippen molar-refractivity contribution in [3.63, 3.8) is 0 Å². The lowest BCUT2D eigenvalue weighted by Crippen LogP contribution is -2.29. The Hall–Kier alpha value is -1.64. The fourth-order valence-electron chi connectivity index (χ4n) is 1.33. The van der Waals surface area contributed by atoms with Crippen LogP contribution in [0, 0.1) is 6.92 Å². The summed E-state index contributed by atoms with van der Waals surface area (Å²) >= 11 is 0. The Labute approximate surface area is 89.1 Å². The average molecular weight is 206 g/mol. The molecule has 0 aliphatic heterocycles. The lowest BCUT2D eigenvalue weighted by atomic mass is 9.96. The zero-order valence-electron chi connectivity index (χ0n) is 9.11. The van der Waals surface area contributed by atoms with Gasteiger partial charge in [0.05, 0.1) is 0 Å². The second-order valence-corrected chi connectivity index (χ2v) is 3.68. The van der Waals surface area contributed by atoms with E-state index in [2.05, 4.69) is 0 Å². The number of aryl methyl sites for hydroxylation is 1. The van der Waals surface area contributed by atoms with E-state index in [0.29, 0.717) is 11.8 Å². The standard InChI is InChI=1S/C12H14O3/c1-9-4-6-11(7-5-9)12(3,8-13)15-10(2)14/h4-8H,1-3H3. The molecule has 1 aromatic carbocycles. The summed E-state index contributed by atoms with van der Waals surface area (Å²) in [6.45, 7) is 4.82. The number of carbonyl (C=O) groups is 2. The predicted octanol–water partition coefficient (Wildman–Crippen LogP) is 1.97. The molecule has 0 amide bonds. The fraction of sp³-hybridized carbons (Fsp3) is 0.333. The van der Waals surface area contributed by atoms with Crippen LogP contribution in [0.25, 0.3) is 0 Å². The topological polar surface area (TPSA) is 43.4 Å². The minimum Gasteiger partial charge on any atom is -0.447 e. The quantitative estimate of drug-likeness (QED) is 0.561. The molecule has 1 unspecified atom stereocenters. The van der Waals surface area contributed by atoms with Crippen molar-refractivity contribution in [2.75, 3.05) is 0 Å².